The zero-order chi connectivity index (χ0) is 18.7. The lowest BCUT2D eigenvalue weighted by molar-refractivity contribution is -0.131. The molecule has 3 aromatic rings. The Hall–Kier alpha value is -2.72. The second kappa shape index (κ2) is 7.67. The predicted octanol–water partition coefficient (Wildman–Crippen LogP) is 5.06. The molecule has 0 fully saturated rings. The summed E-state index contributed by atoms with van der Waals surface area (Å²) in [5.74, 6) is 0.0971. The fourth-order valence-electron chi connectivity index (χ4n) is 2.85. The lowest BCUT2D eigenvalue weighted by Gasteiger charge is -2.15. The quantitative estimate of drug-likeness (QED) is 0.480. The molecule has 0 N–H and O–H groups in total. The number of esters is 1. The fraction of sp³-hybridized carbons (Fsp3) is 0.136. The van der Waals surface area contributed by atoms with Gasteiger partial charge < -0.3 is 4.74 Å². The maximum atomic E-state index is 13.2. The molecular weight excluding hydrogens is 344 g/mol. The minimum absolute atomic E-state index is 0.381. The maximum Gasteiger partial charge on any atom is 0.308 e. The number of benzene rings is 3. The highest BCUT2D eigenvalue weighted by atomic mass is 32.2. The fourth-order valence-corrected chi connectivity index (χ4v) is 4.06. The van der Waals surface area contributed by atoms with Crippen LogP contribution in [0.5, 0.6) is 5.75 Å². The van der Waals surface area contributed by atoms with E-state index in [1.165, 1.54) is 6.92 Å². The molecule has 0 unspecified atom stereocenters. The Bertz CT molecular complexity index is 975. The first-order valence-electron chi connectivity index (χ1n) is 8.33. The largest absolute Gasteiger partial charge is 0.426 e. The normalized spacial score (nSPS) is 11.8. The van der Waals surface area contributed by atoms with Crippen molar-refractivity contribution < 1.29 is 13.7 Å². The SMILES string of the molecule is CC(=O)Oc1cccc(C)c1-c1ccccc1[S@@](=O)c1ccc(C)cc1. The van der Waals surface area contributed by atoms with Gasteiger partial charge in [-0.05, 0) is 43.7 Å². The van der Waals surface area contributed by atoms with Gasteiger partial charge >= 0.3 is 5.97 Å². The Kier molecular flexibility index (Phi) is 5.33. The molecule has 0 bridgehead atoms. The molecule has 0 amide bonds. The number of hydrogen-bond acceptors (Lipinski definition) is 3. The molecule has 132 valence electrons. The van der Waals surface area contributed by atoms with Gasteiger partial charge in [0, 0.05) is 22.9 Å². The summed E-state index contributed by atoms with van der Waals surface area (Å²) in [4.78, 5) is 12.9. The zero-order valence-corrected chi connectivity index (χ0v) is 15.8. The van der Waals surface area contributed by atoms with Crippen molar-refractivity contribution in [2.45, 2.75) is 30.6 Å². The molecule has 0 spiro atoms. The zero-order valence-electron chi connectivity index (χ0n) is 15.0. The Morgan fingerprint density at radius 1 is 0.885 bits per heavy atom. The van der Waals surface area contributed by atoms with Crippen molar-refractivity contribution in [3.05, 3.63) is 77.9 Å². The van der Waals surface area contributed by atoms with E-state index in [1.54, 1.807) is 6.07 Å². The summed E-state index contributed by atoms with van der Waals surface area (Å²) >= 11 is 0. The summed E-state index contributed by atoms with van der Waals surface area (Å²) in [6.07, 6.45) is 0. The number of aryl methyl sites for hydroxylation is 2. The molecular formula is C22H20O3S. The van der Waals surface area contributed by atoms with Crippen molar-refractivity contribution >= 4 is 16.8 Å². The number of carbonyl (C=O) groups excluding carboxylic acids is 1. The van der Waals surface area contributed by atoms with Gasteiger partial charge in [0.2, 0.25) is 0 Å². The average molecular weight is 364 g/mol. The van der Waals surface area contributed by atoms with Crippen LogP contribution in [0.4, 0.5) is 0 Å². The molecule has 0 aliphatic rings. The summed E-state index contributed by atoms with van der Waals surface area (Å²) in [6.45, 7) is 5.33. The van der Waals surface area contributed by atoms with Crippen molar-refractivity contribution in [1.82, 2.24) is 0 Å². The van der Waals surface area contributed by atoms with Crippen LogP contribution in [0.1, 0.15) is 18.1 Å². The highest BCUT2D eigenvalue weighted by molar-refractivity contribution is 7.85. The Labute approximate surface area is 156 Å². The Morgan fingerprint density at radius 2 is 1.58 bits per heavy atom. The molecule has 26 heavy (non-hydrogen) atoms. The summed E-state index contributed by atoms with van der Waals surface area (Å²) in [6, 6.07) is 20.8. The van der Waals surface area contributed by atoms with Crippen molar-refractivity contribution in [3.8, 4) is 16.9 Å². The maximum absolute atomic E-state index is 13.2. The van der Waals surface area contributed by atoms with E-state index in [0.29, 0.717) is 10.6 Å². The molecule has 3 nitrogen and oxygen atoms in total. The van der Waals surface area contributed by atoms with Gasteiger partial charge in [-0.2, -0.15) is 0 Å². The van der Waals surface area contributed by atoms with Gasteiger partial charge in [-0.25, -0.2) is 4.21 Å². The number of hydrogen-bond donors (Lipinski definition) is 0. The van der Waals surface area contributed by atoms with E-state index in [-0.39, 0.29) is 5.97 Å². The van der Waals surface area contributed by atoms with Crippen LogP contribution in [0.3, 0.4) is 0 Å². The third kappa shape index (κ3) is 3.75. The first-order chi connectivity index (χ1) is 12.5. The minimum atomic E-state index is -1.34. The minimum Gasteiger partial charge on any atom is -0.426 e. The van der Waals surface area contributed by atoms with Gasteiger partial charge in [0.1, 0.15) is 5.75 Å². The van der Waals surface area contributed by atoms with Gasteiger partial charge in [-0.1, -0.05) is 48.0 Å². The van der Waals surface area contributed by atoms with E-state index >= 15 is 0 Å². The van der Waals surface area contributed by atoms with E-state index in [9.17, 15) is 9.00 Å². The molecule has 4 heteroatoms. The van der Waals surface area contributed by atoms with E-state index in [1.807, 2.05) is 74.5 Å². The standard InChI is InChI=1S/C22H20O3S/c1-15-11-13-18(14-12-15)26(24)21-10-5-4-8-19(21)22-16(2)7-6-9-20(22)25-17(3)23/h4-14H,1-3H3/t26-/m0/s1. The van der Waals surface area contributed by atoms with Crippen LogP contribution in [0.2, 0.25) is 0 Å². The topological polar surface area (TPSA) is 43.4 Å². The van der Waals surface area contributed by atoms with Crippen LogP contribution < -0.4 is 4.74 Å². The van der Waals surface area contributed by atoms with Gasteiger partial charge in [0.05, 0.1) is 15.7 Å². The third-order valence-corrected chi connectivity index (χ3v) is 5.54. The molecule has 0 saturated heterocycles. The van der Waals surface area contributed by atoms with E-state index in [4.69, 9.17) is 4.74 Å². The Morgan fingerprint density at radius 3 is 2.27 bits per heavy atom. The molecule has 3 rings (SSSR count). The average Bonchev–Trinajstić information content (AvgIpc) is 2.62. The molecule has 0 saturated carbocycles. The third-order valence-electron chi connectivity index (χ3n) is 4.08. The molecule has 3 aromatic carbocycles. The van der Waals surface area contributed by atoms with Crippen LogP contribution in [0.15, 0.2) is 76.5 Å². The highest BCUT2D eigenvalue weighted by Crippen LogP contribution is 2.37. The molecule has 0 aliphatic heterocycles. The second-order valence-electron chi connectivity index (χ2n) is 6.12. The summed E-state index contributed by atoms with van der Waals surface area (Å²) < 4.78 is 18.6. The first kappa shape index (κ1) is 18.1. The van der Waals surface area contributed by atoms with Crippen molar-refractivity contribution in [1.29, 1.82) is 0 Å². The molecule has 0 aliphatic carbocycles. The summed E-state index contributed by atoms with van der Waals surface area (Å²) in [5.41, 5.74) is 3.67. The monoisotopic (exact) mass is 364 g/mol. The van der Waals surface area contributed by atoms with Gasteiger partial charge in [-0.3, -0.25) is 4.79 Å². The Balaban J connectivity index is 2.16. The molecule has 0 aromatic heterocycles. The predicted molar refractivity (Wildman–Crippen MR) is 104 cm³/mol. The molecule has 0 radical (unpaired) electrons. The number of ether oxygens (including phenoxy) is 1. The van der Waals surface area contributed by atoms with E-state index < -0.39 is 10.8 Å². The lowest BCUT2D eigenvalue weighted by atomic mass is 9.99. The van der Waals surface area contributed by atoms with E-state index in [0.717, 1.165) is 27.1 Å². The van der Waals surface area contributed by atoms with Crippen molar-refractivity contribution in [2.75, 3.05) is 0 Å². The molecule has 1 atom stereocenters. The van der Waals surface area contributed by atoms with Crippen LogP contribution >= 0.6 is 0 Å². The first-order valence-corrected chi connectivity index (χ1v) is 9.48. The van der Waals surface area contributed by atoms with E-state index in [2.05, 4.69) is 0 Å². The highest BCUT2D eigenvalue weighted by Gasteiger charge is 2.18. The van der Waals surface area contributed by atoms with Crippen molar-refractivity contribution in [3.63, 3.8) is 0 Å². The van der Waals surface area contributed by atoms with Crippen LogP contribution in [-0.2, 0) is 15.6 Å². The van der Waals surface area contributed by atoms with Gasteiger partial charge in [0.25, 0.3) is 0 Å². The van der Waals surface area contributed by atoms with Gasteiger partial charge in [0.15, 0.2) is 0 Å². The number of rotatable bonds is 4. The van der Waals surface area contributed by atoms with Crippen LogP contribution in [-0.4, -0.2) is 10.2 Å². The van der Waals surface area contributed by atoms with Crippen LogP contribution in [0.25, 0.3) is 11.1 Å². The van der Waals surface area contributed by atoms with Gasteiger partial charge in [-0.15, -0.1) is 0 Å². The number of carbonyl (C=O) groups is 1. The van der Waals surface area contributed by atoms with Crippen molar-refractivity contribution in [2.24, 2.45) is 0 Å². The smallest absolute Gasteiger partial charge is 0.308 e. The molecule has 0 heterocycles. The summed E-state index contributed by atoms with van der Waals surface area (Å²) in [5, 5.41) is 0. The van der Waals surface area contributed by atoms with Crippen LogP contribution in [0, 0.1) is 13.8 Å². The summed E-state index contributed by atoms with van der Waals surface area (Å²) in [7, 11) is -1.34. The lowest BCUT2D eigenvalue weighted by Crippen LogP contribution is -2.04. The second-order valence-corrected chi connectivity index (χ2v) is 7.57.